The molecule has 6 nitrogen and oxygen atoms in total. The van der Waals surface area contributed by atoms with Crippen molar-refractivity contribution in [1.82, 2.24) is 15.0 Å². The Labute approximate surface area is 141 Å². The average molecular weight is 342 g/mol. The molecule has 3 aromatic rings. The first kappa shape index (κ1) is 16.4. The largest absolute Gasteiger partial charge is 0.477 e. The molecule has 0 saturated heterocycles. The maximum atomic E-state index is 13.9. The summed E-state index contributed by atoms with van der Waals surface area (Å²) in [6.07, 6.45) is 0. The molecule has 3 aromatic heterocycles. The van der Waals surface area contributed by atoms with Crippen LogP contribution >= 0.6 is 0 Å². The number of nitrogens with zero attached hydrogens (tertiary/aromatic N) is 4. The molecule has 3 heterocycles. The molecule has 0 saturated carbocycles. The number of anilines is 2. The zero-order valence-corrected chi connectivity index (χ0v) is 13.0. The minimum Gasteiger partial charge on any atom is -0.477 e. The van der Waals surface area contributed by atoms with Crippen LogP contribution in [0.15, 0.2) is 48.5 Å². The van der Waals surface area contributed by atoms with E-state index in [4.69, 9.17) is 5.11 Å². The van der Waals surface area contributed by atoms with E-state index in [0.29, 0.717) is 11.6 Å². The highest BCUT2D eigenvalue weighted by Gasteiger charge is 2.14. The van der Waals surface area contributed by atoms with Crippen LogP contribution in [0.4, 0.5) is 20.4 Å². The van der Waals surface area contributed by atoms with Gasteiger partial charge < -0.3 is 10.0 Å². The number of carbonyl (C=O) groups is 1. The van der Waals surface area contributed by atoms with Crippen molar-refractivity contribution in [1.29, 1.82) is 0 Å². The summed E-state index contributed by atoms with van der Waals surface area (Å²) in [6.45, 7) is 0. The lowest BCUT2D eigenvalue weighted by molar-refractivity contribution is 0.0690. The number of aromatic nitrogens is 3. The van der Waals surface area contributed by atoms with Gasteiger partial charge in [0, 0.05) is 7.05 Å². The second-order valence-electron chi connectivity index (χ2n) is 5.10. The third-order valence-electron chi connectivity index (χ3n) is 3.47. The van der Waals surface area contributed by atoms with Crippen LogP contribution in [0.3, 0.4) is 0 Å². The molecule has 0 unspecified atom stereocenters. The lowest BCUT2D eigenvalue weighted by Gasteiger charge is -2.18. The molecular formula is C17H12F2N4O2. The van der Waals surface area contributed by atoms with Crippen molar-refractivity contribution in [2.75, 3.05) is 11.9 Å². The molecule has 0 aliphatic carbocycles. The van der Waals surface area contributed by atoms with E-state index in [9.17, 15) is 13.6 Å². The highest BCUT2D eigenvalue weighted by Crippen LogP contribution is 2.25. The van der Waals surface area contributed by atoms with Gasteiger partial charge in [-0.3, -0.25) is 0 Å². The van der Waals surface area contributed by atoms with Gasteiger partial charge in [0.25, 0.3) is 0 Å². The van der Waals surface area contributed by atoms with Crippen molar-refractivity contribution >= 4 is 17.6 Å². The number of hydrogen-bond acceptors (Lipinski definition) is 5. The standard InChI is InChI=1S/C17H12F2N4O2/c1-23(15-7-3-5-12(21-15)17(24)25)14-6-2-4-11(20-14)10-8-9-13(18)22-16(10)19/h2-9H,1H3,(H,24,25). The quantitative estimate of drug-likeness (QED) is 0.733. The van der Waals surface area contributed by atoms with Crippen molar-refractivity contribution in [3.8, 4) is 11.3 Å². The van der Waals surface area contributed by atoms with Crippen molar-refractivity contribution < 1.29 is 18.7 Å². The molecule has 3 rings (SSSR count). The van der Waals surface area contributed by atoms with Gasteiger partial charge in [-0.2, -0.15) is 13.8 Å². The number of carboxylic acids is 1. The Morgan fingerprint density at radius 2 is 1.64 bits per heavy atom. The molecule has 0 spiro atoms. The smallest absolute Gasteiger partial charge is 0.354 e. The summed E-state index contributed by atoms with van der Waals surface area (Å²) in [7, 11) is 1.65. The fourth-order valence-electron chi connectivity index (χ4n) is 2.21. The first-order valence-corrected chi connectivity index (χ1v) is 7.19. The summed E-state index contributed by atoms with van der Waals surface area (Å²) in [6, 6.07) is 11.8. The topological polar surface area (TPSA) is 79.2 Å². The van der Waals surface area contributed by atoms with Gasteiger partial charge in [-0.15, -0.1) is 0 Å². The predicted molar refractivity (Wildman–Crippen MR) is 86.6 cm³/mol. The van der Waals surface area contributed by atoms with Gasteiger partial charge in [-0.1, -0.05) is 12.1 Å². The summed E-state index contributed by atoms with van der Waals surface area (Å²) in [5, 5.41) is 9.03. The maximum absolute atomic E-state index is 13.9. The van der Waals surface area contributed by atoms with Crippen LogP contribution in [-0.4, -0.2) is 33.1 Å². The van der Waals surface area contributed by atoms with Gasteiger partial charge >= 0.3 is 5.97 Å². The predicted octanol–water partition coefficient (Wildman–Crippen LogP) is 3.28. The Kier molecular flexibility index (Phi) is 4.34. The monoisotopic (exact) mass is 342 g/mol. The fourth-order valence-corrected chi connectivity index (χ4v) is 2.21. The maximum Gasteiger partial charge on any atom is 0.354 e. The lowest BCUT2D eigenvalue weighted by atomic mass is 10.2. The molecule has 126 valence electrons. The normalized spacial score (nSPS) is 10.5. The van der Waals surface area contributed by atoms with E-state index >= 15 is 0 Å². The second kappa shape index (κ2) is 6.60. The molecule has 0 fully saturated rings. The molecule has 0 aliphatic rings. The number of halogens is 2. The molecular weight excluding hydrogens is 330 g/mol. The molecule has 0 bridgehead atoms. The van der Waals surface area contributed by atoms with Crippen molar-refractivity contribution in [2.24, 2.45) is 0 Å². The molecule has 0 radical (unpaired) electrons. The second-order valence-corrected chi connectivity index (χ2v) is 5.10. The summed E-state index contributed by atoms with van der Waals surface area (Å²) in [5.74, 6) is -2.24. The number of rotatable bonds is 4. The summed E-state index contributed by atoms with van der Waals surface area (Å²) in [4.78, 5) is 24.1. The zero-order valence-electron chi connectivity index (χ0n) is 13.0. The van der Waals surface area contributed by atoms with Crippen LogP contribution in [0.2, 0.25) is 0 Å². The average Bonchev–Trinajstić information content (AvgIpc) is 2.61. The highest BCUT2D eigenvalue weighted by molar-refractivity contribution is 5.85. The first-order chi connectivity index (χ1) is 12.0. The van der Waals surface area contributed by atoms with E-state index in [2.05, 4.69) is 15.0 Å². The van der Waals surface area contributed by atoms with E-state index in [0.717, 1.165) is 6.07 Å². The summed E-state index contributed by atoms with van der Waals surface area (Å²) in [5.41, 5.74) is 0.224. The number of carboxylic acid groups (broad SMARTS) is 1. The Morgan fingerprint density at radius 1 is 0.960 bits per heavy atom. The summed E-state index contributed by atoms with van der Waals surface area (Å²) >= 11 is 0. The van der Waals surface area contributed by atoms with E-state index in [-0.39, 0.29) is 17.0 Å². The molecule has 0 atom stereocenters. The number of hydrogen-bond donors (Lipinski definition) is 1. The van der Waals surface area contributed by atoms with Gasteiger partial charge in [0.2, 0.25) is 11.9 Å². The Hall–Kier alpha value is -3.42. The van der Waals surface area contributed by atoms with Crippen LogP contribution in [0.1, 0.15) is 10.5 Å². The number of aromatic carboxylic acids is 1. The van der Waals surface area contributed by atoms with Crippen LogP contribution in [-0.2, 0) is 0 Å². The molecule has 1 N–H and O–H groups in total. The van der Waals surface area contributed by atoms with Crippen molar-refractivity contribution in [3.05, 3.63) is 66.1 Å². The zero-order chi connectivity index (χ0) is 18.0. The third-order valence-corrected chi connectivity index (χ3v) is 3.47. The van der Waals surface area contributed by atoms with Gasteiger partial charge in [0.05, 0.1) is 11.3 Å². The van der Waals surface area contributed by atoms with E-state index in [1.165, 1.54) is 12.1 Å². The lowest BCUT2D eigenvalue weighted by Crippen LogP contribution is -2.14. The third kappa shape index (κ3) is 3.42. The van der Waals surface area contributed by atoms with Crippen molar-refractivity contribution in [2.45, 2.75) is 0 Å². The molecule has 0 amide bonds. The van der Waals surface area contributed by atoms with E-state index in [1.54, 1.807) is 42.3 Å². The fraction of sp³-hybridized carbons (Fsp3) is 0.0588. The van der Waals surface area contributed by atoms with Crippen molar-refractivity contribution in [3.63, 3.8) is 0 Å². The SMILES string of the molecule is CN(c1cccc(C(=O)O)n1)c1cccc(-c2ccc(F)nc2F)n1. The first-order valence-electron chi connectivity index (χ1n) is 7.19. The van der Waals surface area contributed by atoms with Gasteiger partial charge in [-0.05, 0) is 36.4 Å². The van der Waals surface area contributed by atoms with Gasteiger partial charge in [0.1, 0.15) is 11.6 Å². The Morgan fingerprint density at radius 3 is 2.32 bits per heavy atom. The highest BCUT2D eigenvalue weighted by atomic mass is 19.1. The van der Waals surface area contributed by atoms with E-state index in [1.807, 2.05) is 0 Å². The Bertz CT molecular complexity index is 949. The minimum absolute atomic E-state index is 0.0592. The molecule has 0 aromatic carbocycles. The van der Waals surface area contributed by atoms with Crippen LogP contribution in [0.5, 0.6) is 0 Å². The number of pyridine rings is 3. The molecule has 8 heteroatoms. The van der Waals surface area contributed by atoms with E-state index < -0.39 is 17.9 Å². The Balaban J connectivity index is 1.98. The molecule has 25 heavy (non-hydrogen) atoms. The van der Waals surface area contributed by atoms with Gasteiger partial charge in [-0.25, -0.2) is 14.8 Å². The van der Waals surface area contributed by atoms with Crippen LogP contribution in [0, 0.1) is 11.9 Å². The van der Waals surface area contributed by atoms with Gasteiger partial charge in [0.15, 0.2) is 5.69 Å². The van der Waals surface area contributed by atoms with Crippen LogP contribution in [0.25, 0.3) is 11.3 Å². The minimum atomic E-state index is -1.14. The summed E-state index contributed by atoms with van der Waals surface area (Å²) < 4.78 is 26.8. The molecule has 0 aliphatic heterocycles. The van der Waals surface area contributed by atoms with Crippen LogP contribution < -0.4 is 4.90 Å².